The van der Waals surface area contributed by atoms with E-state index in [1.54, 1.807) is 6.08 Å². The number of guanidine groups is 1. The highest BCUT2D eigenvalue weighted by Gasteiger charge is 2.12. The number of amides is 2. The second-order valence-corrected chi connectivity index (χ2v) is 8.84. The number of hydrogen-bond acceptors (Lipinski definition) is 8. The van der Waals surface area contributed by atoms with Crippen molar-refractivity contribution >= 4 is 43.0 Å². The van der Waals surface area contributed by atoms with E-state index in [1.807, 2.05) is 18.2 Å². The number of hydrogen-bond donors (Lipinski definition) is 8. The first-order valence-corrected chi connectivity index (χ1v) is 13.3. The van der Waals surface area contributed by atoms with Gasteiger partial charge in [0, 0.05) is 24.6 Å². The van der Waals surface area contributed by atoms with Gasteiger partial charge in [0.15, 0.2) is 5.96 Å². The minimum Gasteiger partial charge on any atom is -0.492 e. The summed E-state index contributed by atoms with van der Waals surface area (Å²) in [4.78, 5) is 28.0. The van der Waals surface area contributed by atoms with Crippen LogP contribution in [0, 0.1) is 0 Å². The number of ether oxygens (including phenoxy) is 1. The summed E-state index contributed by atoms with van der Waals surface area (Å²) in [6.45, 7) is 1.70. The fraction of sp³-hybridized carbons (Fsp3) is 0.542. The van der Waals surface area contributed by atoms with Crippen LogP contribution in [0.25, 0.3) is 0 Å². The first-order chi connectivity index (χ1) is 17.3. The number of nitrogens with one attached hydrogen (secondary N) is 2. The predicted octanol–water partition coefficient (Wildman–Crippen LogP) is 0.941. The Labute approximate surface area is 224 Å². The second-order valence-electron chi connectivity index (χ2n) is 8.21. The van der Waals surface area contributed by atoms with E-state index in [4.69, 9.17) is 27.7 Å². The number of aliphatic imine (C=N–C) groups is 1. The number of nitrogens with two attached hydrogens (primary N) is 4. The zero-order valence-corrected chi connectivity index (χ0v) is 22.5. The van der Waals surface area contributed by atoms with Gasteiger partial charge in [-0.2, -0.15) is 25.3 Å². The smallest absolute Gasteiger partial charge is 0.266 e. The first-order valence-electron chi connectivity index (χ1n) is 12.1. The lowest BCUT2D eigenvalue weighted by molar-refractivity contribution is -0.122. The van der Waals surface area contributed by atoms with Gasteiger partial charge < -0.3 is 38.3 Å². The van der Waals surface area contributed by atoms with Crippen LogP contribution in [0.15, 0.2) is 35.0 Å². The summed E-state index contributed by atoms with van der Waals surface area (Å²) in [5.74, 6) is 1.53. The van der Waals surface area contributed by atoms with Crippen LogP contribution in [0.1, 0.15) is 49.7 Å². The van der Waals surface area contributed by atoms with Crippen molar-refractivity contribution in [2.45, 2.75) is 56.1 Å². The lowest BCUT2D eigenvalue weighted by atomic mass is 10.1. The maximum Gasteiger partial charge on any atom is 0.266 e. The van der Waals surface area contributed by atoms with Gasteiger partial charge in [-0.15, -0.1) is 0 Å². The summed E-state index contributed by atoms with van der Waals surface area (Å²) in [6.07, 6.45) is 5.97. The van der Waals surface area contributed by atoms with E-state index >= 15 is 0 Å². The number of thiol groups is 2. The molecule has 0 spiro atoms. The normalized spacial score (nSPS) is 12.0. The average Bonchev–Trinajstić information content (AvgIpc) is 2.87. The van der Waals surface area contributed by atoms with Crippen LogP contribution in [0.4, 0.5) is 0 Å². The first kappa shape index (κ1) is 31.5. The summed E-state index contributed by atoms with van der Waals surface area (Å²) < 4.78 is 5.69. The van der Waals surface area contributed by atoms with Crippen molar-refractivity contribution in [2.24, 2.45) is 27.9 Å². The Bertz CT molecular complexity index is 877. The van der Waals surface area contributed by atoms with Crippen LogP contribution in [-0.2, 0) is 21.1 Å². The minimum absolute atomic E-state index is 0.0643. The third-order valence-corrected chi connectivity index (χ3v) is 5.97. The van der Waals surface area contributed by atoms with E-state index in [0.29, 0.717) is 50.6 Å². The Morgan fingerprint density at radius 2 is 1.75 bits per heavy atom. The molecule has 0 aromatic heterocycles. The molecule has 202 valence electrons. The van der Waals surface area contributed by atoms with Crippen molar-refractivity contribution in [1.82, 2.24) is 10.6 Å². The third-order valence-electron chi connectivity index (χ3n) is 5.29. The van der Waals surface area contributed by atoms with E-state index in [2.05, 4.69) is 40.9 Å². The van der Waals surface area contributed by atoms with Gasteiger partial charge in [0.05, 0.1) is 18.3 Å². The lowest BCUT2D eigenvalue weighted by Gasteiger charge is -2.12. The molecule has 0 fully saturated rings. The highest BCUT2D eigenvalue weighted by molar-refractivity contribution is 7.79. The Kier molecular flexibility index (Phi) is 16.3. The average molecular weight is 540 g/mol. The molecule has 1 aromatic rings. The fourth-order valence-corrected chi connectivity index (χ4v) is 3.81. The number of carbonyl (C=O) groups excluding carboxylic acids is 2. The molecule has 0 heterocycles. The van der Waals surface area contributed by atoms with E-state index in [0.717, 1.165) is 42.6 Å². The lowest BCUT2D eigenvalue weighted by Crippen LogP contribution is -2.40. The third kappa shape index (κ3) is 13.5. The number of rotatable bonds is 18. The molecular weight excluding hydrogens is 498 g/mol. The quantitative estimate of drug-likeness (QED) is 0.0448. The van der Waals surface area contributed by atoms with Gasteiger partial charge in [-0.05, 0) is 61.8 Å². The summed E-state index contributed by atoms with van der Waals surface area (Å²) in [5.41, 5.74) is 24.6. The van der Waals surface area contributed by atoms with E-state index in [1.165, 1.54) is 0 Å². The maximum atomic E-state index is 12.1. The van der Waals surface area contributed by atoms with Crippen molar-refractivity contribution in [3.05, 3.63) is 41.1 Å². The molecule has 2 amide bonds. The van der Waals surface area contributed by atoms with Gasteiger partial charge in [0.2, 0.25) is 5.91 Å². The summed E-state index contributed by atoms with van der Waals surface area (Å²) in [5, 5.41) is 5.57. The van der Waals surface area contributed by atoms with Gasteiger partial charge in [0.25, 0.3) is 5.91 Å². The van der Waals surface area contributed by atoms with Gasteiger partial charge >= 0.3 is 0 Å². The molecule has 1 rings (SSSR count). The Balaban J connectivity index is 2.15. The minimum atomic E-state index is -0.551. The Morgan fingerprint density at radius 3 is 2.44 bits per heavy atom. The highest BCUT2D eigenvalue weighted by Crippen LogP contribution is 2.20. The largest absolute Gasteiger partial charge is 0.492 e. The number of allylic oxidation sites excluding steroid dienone is 1. The van der Waals surface area contributed by atoms with Crippen LogP contribution < -0.4 is 38.3 Å². The molecule has 0 saturated heterocycles. The van der Waals surface area contributed by atoms with Gasteiger partial charge in [-0.25, -0.2) is 0 Å². The molecule has 0 unspecified atom stereocenters. The van der Waals surface area contributed by atoms with Crippen LogP contribution >= 0.6 is 25.3 Å². The van der Waals surface area contributed by atoms with Crippen LogP contribution in [-0.4, -0.2) is 50.1 Å². The Hall–Kier alpha value is -2.57. The fourth-order valence-electron chi connectivity index (χ4n) is 3.21. The van der Waals surface area contributed by atoms with Gasteiger partial charge in [-0.1, -0.05) is 12.1 Å². The van der Waals surface area contributed by atoms with Crippen LogP contribution in [0.5, 0.6) is 5.75 Å². The molecule has 12 heteroatoms. The molecule has 36 heavy (non-hydrogen) atoms. The zero-order valence-electron chi connectivity index (χ0n) is 20.7. The van der Waals surface area contributed by atoms with E-state index < -0.39 is 6.04 Å². The van der Waals surface area contributed by atoms with Crippen molar-refractivity contribution in [2.75, 3.05) is 26.2 Å². The topological polar surface area (TPSA) is 184 Å². The molecule has 0 saturated carbocycles. The van der Waals surface area contributed by atoms with Gasteiger partial charge in [-0.3, -0.25) is 14.6 Å². The monoisotopic (exact) mass is 539 g/mol. The van der Waals surface area contributed by atoms with E-state index in [9.17, 15) is 9.59 Å². The van der Waals surface area contributed by atoms with E-state index in [-0.39, 0.29) is 23.5 Å². The summed E-state index contributed by atoms with van der Waals surface area (Å²) in [6, 6.07) is 5.22. The predicted molar refractivity (Wildman–Crippen MR) is 152 cm³/mol. The zero-order chi connectivity index (χ0) is 26.8. The number of carbonyl (C=O) groups is 2. The van der Waals surface area contributed by atoms with Gasteiger partial charge in [0.1, 0.15) is 12.4 Å². The van der Waals surface area contributed by atoms with Crippen LogP contribution in [0.2, 0.25) is 0 Å². The second kappa shape index (κ2) is 18.7. The molecule has 10 nitrogen and oxygen atoms in total. The molecule has 0 aliphatic rings. The highest BCUT2D eigenvalue weighted by atomic mass is 32.1. The van der Waals surface area contributed by atoms with Crippen LogP contribution in [0.3, 0.4) is 0 Å². The standard InChI is InChI=1S/C24H41N7O3S2/c25-20(23(33)30-12-13-34-19-9-8-17(15-35)18(14-19)16-36)6-2-1-4-10-29-22(32)21(26)7-3-5-11-31-24(27)28/h6,8-9,14,21,35-36H,1-5,7,10-13,15-16,25-26H2,(H,29,32)(H,30,33)(H4,27,28,31)/t21-/m1/s1. The number of nitrogens with zero attached hydrogens (tertiary/aromatic N) is 1. The molecule has 10 N–H and O–H groups in total. The molecule has 0 bridgehead atoms. The molecular formula is C24H41N7O3S2. The molecule has 1 aromatic carbocycles. The number of unbranched alkanes of at least 4 members (excludes halogenated alkanes) is 3. The Morgan fingerprint density at radius 1 is 1.00 bits per heavy atom. The maximum absolute atomic E-state index is 12.1. The van der Waals surface area contributed by atoms with Crippen molar-refractivity contribution in [1.29, 1.82) is 0 Å². The molecule has 0 radical (unpaired) electrons. The van der Waals surface area contributed by atoms with Crippen molar-refractivity contribution in [3.8, 4) is 5.75 Å². The number of benzene rings is 1. The summed E-state index contributed by atoms with van der Waals surface area (Å²) in [7, 11) is 0. The molecule has 0 aliphatic heterocycles. The SMILES string of the molecule is NC(=CCCCCNC(=O)[C@H](N)CCCCN=C(N)N)C(=O)NCCOc1ccc(CS)c(CS)c1. The van der Waals surface area contributed by atoms with Crippen molar-refractivity contribution < 1.29 is 14.3 Å². The molecule has 0 aliphatic carbocycles. The summed E-state index contributed by atoms with van der Waals surface area (Å²) >= 11 is 8.63. The van der Waals surface area contributed by atoms with Crippen molar-refractivity contribution in [3.63, 3.8) is 0 Å². The molecule has 1 atom stereocenters.